The lowest BCUT2D eigenvalue weighted by molar-refractivity contribution is 0.0722. The molecular weight excluding hydrogens is 398 g/mol. The summed E-state index contributed by atoms with van der Waals surface area (Å²) < 4.78 is 1.79. The number of H-pyrrole nitrogens is 2. The molecule has 0 radical (unpaired) electrons. The lowest BCUT2D eigenvalue weighted by Gasteiger charge is -2.28. The lowest BCUT2D eigenvalue weighted by Crippen LogP contribution is -2.39. The molecule has 1 saturated carbocycles. The highest BCUT2D eigenvalue weighted by Gasteiger charge is 2.36. The molecule has 3 heterocycles. The molecule has 9 heteroatoms. The first-order valence-electron chi connectivity index (χ1n) is 10.7. The maximum absolute atomic E-state index is 13.5. The van der Waals surface area contributed by atoms with Crippen LogP contribution in [0.2, 0.25) is 0 Å². The van der Waals surface area contributed by atoms with E-state index in [1.54, 1.807) is 15.5 Å². The van der Waals surface area contributed by atoms with Gasteiger partial charge in [-0.25, -0.2) is 9.78 Å². The number of rotatable bonds is 3. The van der Waals surface area contributed by atoms with Gasteiger partial charge in [-0.3, -0.25) is 23.9 Å². The third-order valence-corrected chi connectivity index (χ3v) is 6.39. The van der Waals surface area contributed by atoms with Gasteiger partial charge in [-0.05, 0) is 37.8 Å². The van der Waals surface area contributed by atoms with Gasteiger partial charge in [0, 0.05) is 18.8 Å². The molecule has 1 amide bonds. The molecule has 2 N–H and O–H groups in total. The van der Waals surface area contributed by atoms with Crippen molar-refractivity contribution >= 4 is 16.8 Å². The number of carbonyl (C=O) groups excluding carboxylic acids is 1. The standard InChI is InChI=1S/C22H23N5O4/c28-19-15(12-23-22(31)25-19)20(29)26-11-5-10-17(26)18-24-16-9-4-3-8-14(16)21(30)27(18)13-6-1-2-7-13/h3-4,8-9,12-13,17H,1-2,5-7,10-11H2,(H2,23,25,28,31). The number of carbonyl (C=O) groups is 1. The van der Waals surface area contributed by atoms with E-state index in [0.29, 0.717) is 29.7 Å². The van der Waals surface area contributed by atoms with Crippen molar-refractivity contribution in [3.8, 4) is 0 Å². The molecule has 1 atom stereocenters. The number of fused-ring (bicyclic) bond motifs is 1. The molecular formula is C22H23N5O4. The Bertz CT molecular complexity index is 1330. The van der Waals surface area contributed by atoms with Gasteiger partial charge >= 0.3 is 5.69 Å². The van der Waals surface area contributed by atoms with Crippen molar-refractivity contribution in [2.75, 3.05) is 6.54 Å². The van der Waals surface area contributed by atoms with E-state index in [-0.39, 0.29) is 17.2 Å². The Balaban J connectivity index is 1.64. The first kappa shape index (κ1) is 19.5. The summed E-state index contributed by atoms with van der Waals surface area (Å²) >= 11 is 0. The minimum atomic E-state index is -0.723. The van der Waals surface area contributed by atoms with Crippen LogP contribution in [-0.4, -0.2) is 36.9 Å². The fraction of sp³-hybridized carbons (Fsp3) is 0.409. The molecule has 2 aliphatic rings. The quantitative estimate of drug-likeness (QED) is 0.669. The summed E-state index contributed by atoms with van der Waals surface area (Å²) in [5.74, 6) is 0.114. The van der Waals surface area contributed by atoms with Gasteiger partial charge in [0.15, 0.2) is 0 Å². The van der Waals surface area contributed by atoms with Gasteiger partial charge in [0.2, 0.25) is 0 Å². The topological polar surface area (TPSA) is 121 Å². The van der Waals surface area contributed by atoms with Crippen LogP contribution in [0.1, 0.15) is 66.8 Å². The first-order valence-corrected chi connectivity index (χ1v) is 10.7. The summed E-state index contributed by atoms with van der Waals surface area (Å²) in [6.45, 7) is 0.454. The summed E-state index contributed by atoms with van der Waals surface area (Å²) in [6, 6.07) is 6.93. The second-order valence-corrected chi connectivity index (χ2v) is 8.24. The number of para-hydroxylation sites is 1. The predicted molar refractivity (Wildman–Crippen MR) is 114 cm³/mol. The van der Waals surface area contributed by atoms with Gasteiger partial charge in [-0.2, -0.15) is 0 Å². The van der Waals surface area contributed by atoms with Gasteiger partial charge in [0.1, 0.15) is 11.4 Å². The number of hydrogen-bond donors (Lipinski definition) is 2. The number of hydrogen-bond acceptors (Lipinski definition) is 5. The molecule has 1 unspecified atom stereocenters. The van der Waals surface area contributed by atoms with Crippen molar-refractivity contribution in [1.29, 1.82) is 0 Å². The zero-order valence-corrected chi connectivity index (χ0v) is 17.0. The molecule has 2 fully saturated rings. The highest BCUT2D eigenvalue weighted by atomic mass is 16.2. The van der Waals surface area contributed by atoms with Crippen LogP contribution in [0.4, 0.5) is 0 Å². The summed E-state index contributed by atoms with van der Waals surface area (Å²) in [4.78, 5) is 61.1. The third-order valence-electron chi connectivity index (χ3n) is 6.39. The van der Waals surface area contributed by atoms with Crippen LogP contribution in [0.15, 0.2) is 44.8 Å². The van der Waals surface area contributed by atoms with Gasteiger partial charge in [-0.1, -0.05) is 25.0 Å². The van der Waals surface area contributed by atoms with Gasteiger partial charge in [0.05, 0.1) is 16.9 Å². The van der Waals surface area contributed by atoms with Crippen molar-refractivity contribution in [2.24, 2.45) is 0 Å². The molecule has 1 aromatic carbocycles. The third kappa shape index (κ3) is 3.30. The molecule has 1 aliphatic heterocycles. The molecule has 2 aromatic heterocycles. The smallest absolute Gasteiger partial charge is 0.325 e. The number of likely N-dealkylation sites (tertiary alicyclic amines) is 1. The second-order valence-electron chi connectivity index (χ2n) is 8.24. The van der Waals surface area contributed by atoms with E-state index in [0.717, 1.165) is 38.3 Å². The van der Waals surface area contributed by atoms with Gasteiger partial charge < -0.3 is 9.88 Å². The zero-order valence-electron chi connectivity index (χ0n) is 17.0. The average molecular weight is 421 g/mol. The Morgan fingerprint density at radius 3 is 2.58 bits per heavy atom. The molecule has 9 nitrogen and oxygen atoms in total. The Kier molecular flexibility index (Phi) is 4.80. The molecule has 0 bridgehead atoms. The lowest BCUT2D eigenvalue weighted by atomic mass is 10.1. The molecule has 1 aliphatic carbocycles. The predicted octanol–water partition coefficient (Wildman–Crippen LogP) is 1.87. The number of nitrogens with zero attached hydrogens (tertiary/aromatic N) is 3. The second kappa shape index (κ2) is 7.64. The normalized spacial score (nSPS) is 19.4. The molecule has 1 saturated heterocycles. The van der Waals surface area contributed by atoms with Crippen molar-refractivity contribution in [2.45, 2.75) is 50.6 Å². The molecule has 0 spiro atoms. The van der Waals surface area contributed by atoms with Crippen molar-refractivity contribution in [3.63, 3.8) is 0 Å². The van der Waals surface area contributed by atoms with Crippen LogP contribution in [-0.2, 0) is 0 Å². The minimum absolute atomic E-state index is 0.0636. The number of amides is 1. The fourth-order valence-corrected chi connectivity index (χ4v) is 4.92. The van der Waals surface area contributed by atoms with Crippen molar-refractivity contribution in [1.82, 2.24) is 24.4 Å². The molecule has 160 valence electrons. The highest BCUT2D eigenvalue weighted by molar-refractivity contribution is 5.94. The number of benzene rings is 1. The SMILES string of the molecule is O=C(c1c[nH]c(=O)[nH]c1=O)N1CCCC1c1nc2ccccc2c(=O)n1C1CCCC1. The molecule has 31 heavy (non-hydrogen) atoms. The Morgan fingerprint density at radius 2 is 1.81 bits per heavy atom. The Labute approximate surface area is 176 Å². The fourth-order valence-electron chi connectivity index (χ4n) is 4.92. The van der Waals surface area contributed by atoms with Crippen LogP contribution in [0.5, 0.6) is 0 Å². The van der Waals surface area contributed by atoms with Crippen molar-refractivity contribution in [3.05, 3.63) is 73.0 Å². The average Bonchev–Trinajstić information content (AvgIpc) is 3.45. The van der Waals surface area contributed by atoms with E-state index in [1.807, 2.05) is 18.2 Å². The molecule has 3 aromatic rings. The van der Waals surface area contributed by atoms with E-state index in [2.05, 4.69) is 9.97 Å². The highest BCUT2D eigenvalue weighted by Crippen LogP contribution is 2.36. The monoisotopic (exact) mass is 421 g/mol. The van der Waals surface area contributed by atoms with E-state index >= 15 is 0 Å². The van der Waals surface area contributed by atoms with Crippen LogP contribution in [0.3, 0.4) is 0 Å². The van der Waals surface area contributed by atoms with Crippen molar-refractivity contribution < 1.29 is 4.79 Å². The number of aromatic amines is 2. The number of nitrogens with one attached hydrogen (secondary N) is 2. The number of aromatic nitrogens is 4. The van der Waals surface area contributed by atoms with Crippen LogP contribution >= 0.6 is 0 Å². The van der Waals surface area contributed by atoms with Crippen LogP contribution < -0.4 is 16.8 Å². The Hall–Kier alpha value is -3.49. The van der Waals surface area contributed by atoms with E-state index in [1.165, 1.54) is 0 Å². The maximum atomic E-state index is 13.5. The van der Waals surface area contributed by atoms with Gasteiger partial charge in [-0.15, -0.1) is 0 Å². The maximum Gasteiger partial charge on any atom is 0.325 e. The first-order chi connectivity index (χ1) is 15.0. The van der Waals surface area contributed by atoms with E-state index < -0.39 is 23.2 Å². The summed E-state index contributed by atoms with van der Waals surface area (Å²) in [5, 5.41) is 0.575. The minimum Gasteiger partial charge on any atom is -0.328 e. The Morgan fingerprint density at radius 1 is 1.03 bits per heavy atom. The van der Waals surface area contributed by atoms with E-state index in [9.17, 15) is 19.2 Å². The largest absolute Gasteiger partial charge is 0.328 e. The van der Waals surface area contributed by atoms with Crippen LogP contribution in [0.25, 0.3) is 10.9 Å². The van der Waals surface area contributed by atoms with E-state index in [4.69, 9.17) is 4.98 Å². The van der Waals surface area contributed by atoms with Crippen LogP contribution in [0, 0.1) is 0 Å². The van der Waals surface area contributed by atoms with Gasteiger partial charge in [0.25, 0.3) is 17.0 Å². The summed E-state index contributed by atoms with van der Waals surface area (Å²) in [7, 11) is 0. The summed E-state index contributed by atoms with van der Waals surface area (Å²) in [5.41, 5.74) is -0.974. The molecule has 5 rings (SSSR count). The summed E-state index contributed by atoms with van der Waals surface area (Å²) in [6.07, 6.45) is 6.49. The zero-order chi connectivity index (χ0) is 21.5.